The van der Waals surface area contributed by atoms with Crippen LogP contribution in [0, 0.1) is 5.92 Å². The third-order valence-corrected chi connectivity index (χ3v) is 5.20. The molecular formula is C23H29N3O2. The van der Waals surface area contributed by atoms with E-state index < -0.39 is 0 Å². The quantitative estimate of drug-likeness (QED) is 0.854. The van der Waals surface area contributed by atoms with Crippen LogP contribution in [0.5, 0.6) is 0 Å². The van der Waals surface area contributed by atoms with Crippen LogP contribution in [0.15, 0.2) is 42.7 Å². The molecule has 28 heavy (non-hydrogen) atoms. The number of likely N-dealkylation sites (tertiary alicyclic amines) is 1. The highest BCUT2D eigenvalue weighted by molar-refractivity contribution is 6.05. The van der Waals surface area contributed by atoms with Gasteiger partial charge in [0.05, 0.1) is 11.1 Å². The summed E-state index contributed by atoms with van der Waals surface area (Å²) in [4.78, 5) is 31.4. The summed E-state index contributed by atoms with van der Waals surface area (Å²) in [6, 6.07) is 9.47. The number of nitrogens with one attached hydrogen (secondary N) is 1. The number of pyridine rings is 1. The molecule has 0 saturated carbocycles. The van der Waals surface area contributed by atoms with Crippen LogP contribution in [-0.4, -0.2) is 34.8 Å². The van der Waals surface area contributed by atoms with Gasteiger partial charge in [-0.3, -0.25) is 14.6 Å². The van der Waals surface area contributed by atoms with E-state index in [1.54, 1.807) is 6.07 Å². The van der Waals surface area contributed by atoms with E-state index in [0.29, 0.717) is 17.0 Å². The van der Waals surface area contributed by atoms with Crippen molar-refractivity contribution in [3.63, 3.8) is 0 Å². The second-order valence-electron chi connectivity index (χ2n) is 8.74. The van der Waals surface area contributed by atoms with Gasteiger partial charge in [0.15, 0.2) is 0 Å². The summed E-state index contributed by atoms with van der Waals surface area (Å²) in [6.07, 6.45) is 5.20. The Morgan fingerprint density at radius 1 is 1.11 bits per heavy atom. The zero-order chi connectivity index (χ0) is 20.3. The number of hydrogen-bond acceptors (Lipinski definition) is 3. The lowest BCUT2D eigenvalue weighted by molar-refractivity contribution is 0.0682. The van der Waals surface area contributed by atoms with E-state index in [9.17, 15) is 9.59 Å². The minimum absolute atomic E-state index is 0.0526. The molecular weight excluding hydrogens is 350 g/mol. The van der Waals surface area contributed by atoms with Gasteiger partial charge in [0.1, 0.15) is 0 Å². The molecule has 1 saturated heterocycles. The average molecular weight is 380 g/mol. The van der Waals surface area contributed by atoms with Crippen molar-refractivity contribution in [1.82, 2.24) is 9.88 Å². The standard InChI is InChI=1S/C23H29N3O2/c1-16-6-5-11-26(15-16)22(28)18-12-17(13-24-14-18)21(27)25-20-9-7-19(8-10-20)23(2,3)4/h7-10,12-14,16H,5-6,11,15H2,1-4H3,(H,25,27). The van der Waals surface area contributed by atoms with Crippen LogP contribution in [0.2, 0.25) is 0 Å². The first-order valence-electron chi connectivity index (χ1n) is 9.90. The van der Waals surface area contributed by atoms with Crippen molar-refractivity contribution in [3.8, 4) is 0 Å². The van der Waals surface area contributed by atoms with Gasteiger partial charge in [0.2, 0.25) is 0 Å². The van der Waals surface area contributed by atoms with E-state index in [0.717, 1.165) is 31.6 Å². The molecule has 1 aliphatic heterocycles. The molecule has 3 rings (SSSR count). The fraction of sp³-hybridized carbons (Fsp3) is 0.435. The highest BCUT2D eigenvalue weighted by Crippen LogP contribution is 2.24. The van der Waals surface area contributed by atoms with Crippen LogP contribution >= 0.6 is 0 Å². The molecule has 1 aromatic heterocycles. The van der Waals surface area contributed by atoms with Crippen molar-refractivity contribution in [2.75, 3.05) is 18.4 Å². The average Bonchev–Trinajstić information content (AvgIpc) is 2.67. The number of anilines is 1. The van der Waals surface area contributed by atoms with E-state index in [2.05, 4.69) is 38.0 Å². The number of rotatable bonds is 3. The van der Waals surface area contributed by atoms with Crippen molar-refractivity contribution >= 4 is 17.5 Å². The van der Waals surface area contributed by atoms with Crippen LogP contribution in [0.4, 0.5) is 5.69 Å². The zero-order valence-corrected chi connectivity index (χ0v) is 17.2. The van der Waals surface area contributed by atoms with Crippen molar-refractivity contribution in [1.29, 1.82) is 0 Å². The molecule has 2 amide bonds. The third kappa shape index (κ3) is 4.77. The van der Waals surface area contributed by atoms with Crippen LogP contribution in [-0.2, 0) is 5.41 Å². The Hall–Kier alpha value is -2.69. The van der Waals surface area contributed by atoms with Gasteiger partial charge >= 0.3 is 0 Å². The SMILES string of the molecule is CC1CCCN(C(=O)c2cncc(C(=O)Nc3ccc(C(C)(C)C)cc3)c2)C1. The summed E-state index contributed by atoms with van der Waals surface area (Å²) >= 11 is 0. The van der Waals surface area contributed by atoms with E-state index in [1.165, 1.54) is 18.0 Å². The lowest BCUT2D eigenvalue weighted by Crippen LogP contribution is -2.39. The van der Waals surface area contributed by atoms with Gasteiger partial charge in [-0.1, -0.05) is 39.8 Å². The molecule has 1 N–H and O–H groups in total. The predicted molar refractivity (Wildman–Crippen MR) is 112 cm³/mol. The Labute approximate surface area is 167 Å². The fourth-order valence-electron chi connectivity index (χ4n) is 3.49. The number of amides is 2. The van der Waals surface area contributed by atoms with Gasteiger partial charge in [-0.05, 0) is 47.9 Å². The molecule has 1 fully saturated rings. The Kier molecular flexibility index (Phi) is 5.82. The van der Waals surface area contributed by atoms with Gasteiger partial charge in [-0.15, -0.1) is 0 Å². The Balaban J connectivity index is 1.71. The summed E-state index contributed by atoms with van der Waals surface area (Å²) in [5.74, 6) is 0.189. The van der Waals surface area contributed by atoms with Crippen LogP contribution in [0.1, 0.15) is 66.8 Å². The highest BCUT2D eigenvalue weighted by atomic mass is 16.2. The molecule has 2 heterocycles. The number of aromatic nitrogens is 1. The van der Waals surface area contributed by atoms with Gasteiger partial charge < -0.3 is 10.2 Å². The number of benzene rings is 1. The molecule has 1 aliphatic rings. The maximum Gasteiger partial charge on any atom is 0.257 e. The summed E-state index contributed by atoms with van der Waals surface area (Å²) < 4.78 is 0. The fourth-order valence-corrected chi connectivity index (χ4v) is 3.49. The second kappa shape index (κ2) is 8.13. The molecule has 0 spiro atoms. The van der Waals surface area contributed by atoms with Crippen LogP contribution in [0.3, 0.4) is 0 Å². The molecule has 5 nitrogen and oxygen atoms in total. The first kappa shape index (κ1) is 20.1. The summed E-state index contributed by atoms with van der Waals surface area (Å²) in [5.41, 5.74) is 2.84. The minimum Gasteiger partial charge on any atom is -0.338 e. The van der Waals surface area contributed by atoms with Crippen molar-refractivity contribution in [3.05, 3.63) is 59.4 Å². The summed E-state index contributed by atoms with van der Waals surface area (Å²) in [6.45, 7) is 10.1. The van der Waals surface area contributed by atoms with E-state index in [1.807, 2.05) is 29.2 Å². The van der Waals surface area contributed by atoms with E-state index in [-0.39, 0.29) is 17.2 Å². The maximum absolute atomic E-state index is 12.8. The Bertz CT molecular complexity index is 853. The summed E-state index contributed by atoms with van der Waals surface area (Å²) in [5, 5.41) is 2.89. The number of carbonyl (C=O) groups excluding carboxylic acids is 2. The van der Waals surface area contributed by atoms with Gasteiger partial charge in [0, 0.05) is 31.2 Å². The molecule has 2 aromatic rings. The predicted octanol–water partition coefficient (Wildman–Crippen LogP) is 4.50. The Morgan fingerprint density at radius 3 is 2.43 bits per heavy atom. The van der Waals surface area contributed by atoms with Gasteiger partial charge in [0.25, 0.3) is 11.8 Å². The second-order valence-corrected chi connectivity index (χ2v) is 8.74. The molecule has 1 aromatic carbocycles. The topological polar surface area (TPSA) is 62.3 Å². The van der Waals surface area contributed by atoms with Crippen LogP contribution < -0.4 is 5.32 Å². The van der Waals surface area contributed by atoms with Gasteiger partial charge in [-0.25, -0.2) is 0 Å². The number of piperidine rings is 1. The number of carbonyl (C=O) groups is 2. The summed E-state index contributed by atoms with van der Waals surface area (Å²) in [7, 11) is 0. The molecule has 5 heteroatoms. The first-order chi connectivity index (χ1) is 13.2. The van der Waals surface area contributed by atoms with Gasteiger partial charge in [-0.2, -0.15) is 0 Å². The van der Waals surface area contributed by atoms with Crippen molar-refractivity contribution in [2.24, 2.45) is 5.92 Å². The monoisotopic (exact) mass is 379 g/mol. The molecule has 0 bridgehead atoms. The molecule has 148 valence electrons. The zero-order valence-electron chi connectivity index (χ0n) is 17.2. The number of hydrogen-bond donors (Lipinski definition) is 1. The minimum atomic E-state index is -0.266. The van der Waals surface area contributed by atoms with Crippen molar-refractivity contribution < 1.29 is 9.59 Å². The highest BCUT2D eigenvalue weighted by Gasteiger charge is 2.23. The normalized spacial score (nSPS) is 17.3. The lowest BCUT2D eigenvalue weighted by Gasteiger charge is -2.30. The smallest absolute Gasteiger partial charge is 0.257 e. The lowest BCUT2D eigenvalue weighted by atomic mass is 9.87. The Morgan fingerprint density at radius 2 is 1.79 bits per heavy atom. The molecule has 1 unspecified atom stereocenters. The van der Waals surface area contributed by atoms with Crippen LogP contribution in [0.25, 0.3) is 0 Å². The maximum atomic E-state index is 12.8. The van der Waals surface area contributed by atoms with E-state index >= 15 is 0 Å². The van der Waals surface area contributed by atoms with E-state index in [4.69, 9.17) is 0 Å². The molecule has 1 atom stereocenters. The number of nitrogens with zero attached hydrogens (tertiary/aromatic N) is 2. The molecule has 0 radical (unpaired) electrons. The van der Waals surface area contributed by atoms with Crippen molar-refractivity contribution in [2.45, 2.75) is 46.0 Å². The third-order valence-electron chi connectivity index (χ3n) is 5.20. The first-order valence-corrected chi connectivity index (χ1v) is 9.90. The largest absolute Gasteiger partial charge is 0.338 e. The molecule has 0 aliphatic carbocycles.